The minimum atomic E-state index is -0.553. The number of nitrogens with zero attached hydrogens (tertiary/aromatic N) is 5. The highest BCUT2D eigenvalue weighted by Gasteiger charge is 2.18. The summed E-state index contributed by atoms with van der Waals surface area (Å²) in [6.45, 7) is 2.41. The van der Waals surface area contributed by atoms with Gasteiger partial charge in [0.25, 0.3) is 0 Å². The maximum absolute atomic E-state index is 10.9. The van der Waals surface area contributed by atoms with Crippen LogP contribution in [0.15, 0.2) is 24.7 Å². The summed E-state index contributed by atoms with van der Waals surface area (Å²) in [5.41, 5.74) is 5.23. The second-order valence-electron chi connectivity index (χ2n) is 3.99. The molecule has 0 bridgehead atoms. The SMILES string of the molecule is CC(Cn1cccn1)Nc1nc(N)ncc1[N+](=O)[O-]. The number of rotatable bonds is 5. The average molecular weight is 263 g/mol. The van der Waals surface area contributed by atoms with Crippen LogP contribution in [0.25, 0.3) is 0 Å². The van der Waals surface area contributed by atoms with Gasteiger partial charge in [0.2, 0.25) is 11.8 Å². The van der Waals surface area contributed by atoms with E-state index < -0.39 is 4.92 Å². The summed E-state index contributed by atoms with van der Waals surface area (Å²) < 4.78 is 1.72. The van der Waals surface area contributed by atoms with Gasteiger partial charge in [0.1, 0.15) is 6.20 Å². The lowest BCUT2D eigenvalue weighted by molar-refractivity contribution is -0.384. The first-order valence-electron chi connectivity index (χ1n) is 5.57. The van der Waals surface area contributed by atoms with Gasteiger partial charge in [0.15, 0.2) is 0 Å². The van der Waals surface area contributed by atoms with Crippen molar-refractivity contribution in [1.82, 2.24) is 19.7 Å². The minimum Gasteiger partial charge on any atom is -0.368 e. The van der Waals surface area contributed by atoms with Crippen molar-refractivity contribution in [1.29, 1.82) is 0 Å². The van der Waals surface area contributed by atoms with Gasteiger partial charge in [-0.05, 0) is 13.0 Å². The van der Waals surface area contributed by atoms with Crippen LogP contribution in [0.2, 0.25) is 0 Å². The van der Waals surface area contributed by atoms with E-state index in [1.807, 2.05) is 6.92 Å². The summed E-state index contributed by atoms with van der Waals surface area (Å²) >= 11 is 0. The van der Waals surface area contributed by atoms with E-state index in [9.17, 15) is 10.1 Å². The van der Waals surface area contributed by atoms with E-state index in [0.29, 0.717) is 6.54 Å². The molecule has 0 saturated carbocycles. The molecule has 0 fully saturated rings. The molecule has 100 valence electrons. The molecule has 2 rings (SSSR count). The first kappa shape index (κ1) is 12.7. The largest absolute Gasteiger partial charge is 0.368 e. The molecule has 1 unspecified atom stereocenters. The van der Waals surface area contributed by atoms with Gasteiger partial charge >= 0.3 is 5.69 Å². The predicted octanol–water partition coefficient (Wildman–Crippen LogP) is 0.664. The predicted molar refractivity (Wildman–Crippen MR) is 68.4 cm³/mol. The molecule has 0 aromatic carbocycles. The lowest BCUT2D eigenvalue weighted by Crippen LogP contribution is -2.23. The number of hydrogen-bond acceptors (Lipinski definition) is 7. The van der Waals surface area contributed by atoms with Gasteiger partial charge in [-0.3, -0.25) is 14.8 Å². The Kier molecular flexibility index (Phi) is 3.55. The molecule has 0 saturated heterocycles. The van der Waals surface area contributed by atoms with Gasteiger partial charge in [0.05, 0.1) is 11.5 Å². The molecule has 0 radical (unpaired) electrons. The van der Waals surface area contributed by atoms with Crippen molar-refractivity contribution in [3.05, 3.63) is 34.8 Å². The van der Waals surface area contributed by atoms with Crippen LogP contribution in [0.4, 0.5) is 17.5 Å². The molecule has 1 atom stereocenters. The van der Waals surface area contributed by atoms with Crippen LogP contribution < -0.4 is 11.1 Å². The maximum Gasteiger partial charge on any atom is 0.329 e. The first-order valence-corrected chi connectivity index (χ1v) is 5.57. The number of aromatic nitrogens is 4. The quantitative estimate of drug-likeness (QED) is 0.599. The molecule has 9 nitrogen and oxygen atoms in total. The Bertz CT molecular complexity index is 569. The van der Waals surface area contributed by atoms with E-state index in [2.05, 4.69) is 20.4 Å². The van der Waals surface area contributed by atoms with Crippen LogP contribution >= 0.6 is 0 Å². The molecule has 9 heteroatoms. The second-order valence-corrected chi connectivity index (χ2v) is 3.99. The summed E-state index contributed by atoms with van der Waals surface area (Å²) in [6, 6.07) is 1.70. The van der Waals surface area contributed by atoms with E-state index in [0.717, 1.165) is 6.20 Å². The van der Waals surface area contributed by atoms with Crippen LogP contribution in [-0.2, 0) is 6.54 Å². The second kappa shape index (κ2) is 5.29. The Morgan fingerprint density at radius 3 is 3.05 bits per heavy atom. The average Bonchev–Trinajstić information content (AvgIpc) is 2.81. The zero-order valence-electron chi connectivity index (χ0n) is 10.2. The highest BCUT2D eigenvalue weighted by Crippen LogP contribution is 2.21. The summed E-state index contributed by atoms with van der Waals surface area (Å²) in [4.78, 5) is 17.8. The van der Waals surface area contributed by atoms with Crippen LogP contribution in [0.3, 0.4) is 0 Å². The van der Waals surface area contributed by atoms with Crippen LogP contribution in [0.1, 0.15) is 6.92 Å². The summed E-state index contributed by atoms with van der Waals surface area (Å²) in [5, 5.41) is 17.9. The smallest absolute Gasteiger partial charge is 0.329 e. The third-order valence-electron chi connectivity index (χ3n) is 2.39. The van der Waals surface area contributed by atoms with E-state index >= 15 is 0 Å². The van der Waals surface area contributed by atoms with Crippen molar-refractivity contribution in [3.8, 4) is 0 Å². The van der Waals surface area contributed by atoms with Crippen molar-refractivity contribution in [2.24, 2.45) is 0 Å². The zero-order valence-corrected chi connectivity index (χ0v) is 10.2. The lowest BCUT2D eigenvalue weighted by Gasteiger charge is -2.14. The Labute approximate surface area is 108 Å². The standard InChI is InChI=1S/C10H13N7O2/c1-7(6-16-4-2-3-13-16)14-9-8(17(18)19)5-12-10(11)15-9/h2-5,7H,6H2,1H3,(H3,11,12,14,15). The Balaban J connectivity index is 2.13. The molecule has 19 heavy (non-hydrogen) atoms. The summed E-state index contributed by atoms with van der Waals surface area (Å²) in [5.74, 6) is 0.0940. The topological polar surface area (TPSA) is 125 Å². The summed E-state index contributed by atoms with van der Waals surface area (Å²) in [6.07, 6.45) is 4.56. The Morgan fingerprint density at radius 1 is 1.63 bits per heavy atom. The molecule has 3 N–H and O–H groups in total. The fourth-order valence-electron chi connectivity index (χ4n) is 1.60. The number of nitrogens with one attached hydrogen (secondary N) is 1. The number of hydrogen-bond donors (Lipinski definition) is 2. The molecular formula is C10H13N7O2. The molecule has 2 aromatic rings. The van der Waals surface area contributed by atoms with Gasteiger partial charge in [0, 0.05) is 18.4 Å². The zero-order chi connectivity index (χ0) is 13.8. The molecule has 0 spiro atoms. The number of nitrogens with two attached hydrogens (primary N) is 1. The van der Waals surface area contributed by atoms with Gasteiger partial charge in [-0.25, -0.2) is 4.98 Å². The molecule has 0 aliphatic rings. The molecular weight excluding hydrogens is 250 g/mol. The number of anilines is 2. The first-order chi connectivity index (χ1) is 9.06. The van der Waals surface area contributed by atoms with Gasteiger partial charge in [-0.15, -0.1) is 0 Å². The van der Waals surface area contributed by atoms with Crippen molar-refractivity contribution in [2.75, 3.05) is 11.1 Å². The van der Waals surface area contributed by atoms with Gasteiger partial charge < -0.3 is 11.1 Å². The number of nitrogen functional groups attached to an aromatic ring is 1. The van der Waals surface area contributed by atoms with Gasteiger partial charge in [-0.2, -0.15) is 10.1 Å². The number of nitro groups is 1. The van der Waals surface area contributed by atoms with Crippen LogP contribution in [0.5, 0.6) is 0 Å². The van der Waals surface area contributed by atoms with Crippen LogP contribution in [-0.4, -0.2) is 30.7 Å². The van der Waals surface area contributed by atoms with E-state index in [1.165, 1.54) is 0 Å². The van der Waals surface area contributed by atoms with E-state index in [4.69, 9.17) is 5.73 Å². The van der Waals surface area contributed by atoms with Gasteiger partial charge in [-0.1, -0.05) is 0 Å². The molecule has 0 aliphatic carbocycles. The third kappa shape index (κ3) is 3.15. The minimum absolute atomic E-state index is 0.0145. The monoisotopic (exact) mass is 263 g/mol. The van der Waals surface area contributed by atoms with Crippen molar-refractivity contribution < 1.29 is 4.92 Å². The lowest BCUT2D eigenvalue weighted by atomic mass is 10.3. The van der Waals surface area contributed by atoms with Crippen molar-refractivity contribution >= 4 is 17.5 Å². The van der Waals surface area contributed by atoms with E-state index in [-0.39, 0.29) is 23.5 Å². The fourth-order valence-corrected chi connectivity index (χ4v) is 1.60. The third-order valence-corrected chi connectivity index (χ3v) is 2.39. The van der Waals surface area contributed by atoms with Crippen LogP contribution in [0, 0.1) is 10.1 Å². The van der Waals surface area contributed by atoms with Crippen molar-refractivity contribution in [3.63, 3.8) is 0 Å². The van der Waals surface area contributed by atoms with E-state index in [1.54, 1.807) is 23.1 Å². The normalized spacial score (nSPS) is 12.1. The maximum atomic E-state index is 10.9. The van der Waals surface area contributed by atoms with Crippen molar-refractivity contribution in [2.45, 2.75) is 19.5 Å². The molecule has 2 aromatic heterocycles. The Hall–Kier alpha value is -2.71. The molecule has 0 amide bonds. The highest BCUT2D eigenvalue weighted by molar-refractivity contribution is 5.56. The molecule has 2 heterocycles. The summed E-state index contributed by atoms with van der Waals surface area (Å²) in [7, 11) is 0. The fraction of sp³-hybridized carbons (Fsp3) is 0.300. The molecule has 0 aliphatic heterocycles. The Morgan fingerprint density at radius 2 is 2.42 bits per heavy atom. The highest BCUT2D eigenvalue weighted by atomic mass is 16.6.